The SMILES string of the molecule is CSC1C[C@H]2CC[C@@H](C1)N2C(=O)[C@@H]1CC=CCC1. The summed E-state index contributed by atoms with van der Waals surface area (Å²) in [5, 5.41) is 0.790. The fourth-order valence-corrected chi connectivity index (χ4v) is 4.74. The summed E-state index contributed by atoms with van der Waals surface area (Å²) in [5.41, 5.74) is 0. The number of piperidine rings is 1. The maximum Gasteiger partial charge on any atom is 0.226 e. The molecule has 0 aromatic rings. The monoisotopic (exact) mass is 265 g/mol. The quantitative estimate of drug-likeness (QED) is 0.715. The number of amides is 1. The molecule has 0 aromatic heterocycles. The average molecular weight is 265 g/mol. The van der Waals surface area contributed by atoms with E-state index in [1.807, 2.05) is 11.8 Å². The van der Waals surface area contributed by atoms with Crippen molar-refractivity contribution < 1.29 is 4.79 Å². The standard InChI is InChI=1S/C15H23NOS/c1-18-14-9-12-7-8-13(10-14)16(12)15(17)11-5-3-2-4-6-11/h2-3,11-14H,4-10H2,1H3/t11-,12-,13+,14?/m1/s1. The van der Waals surface area contributed by atoms with Crippen LogP contribution in [0.25, 0.3) is 0 Å². The summed E-state index contributed by atoms with van der Waals surface area (Å²) in [6.07, 6.45) is 14.7. The molecule has 2 saturated heterocycles. The molecule has 0 N–H and O–H groups in total. The van der Waals surface area contributed by atoms with E-state index in [0.717, 1.165) is 24.5 Å². The summed E-state index contributed by atoms with van der Waals surface area (Å²) < 4.78 is 0. The van der Waals surface area contributed by atoms with Gasteiger partial charge < -0.3 is 4.90 Å². The third-order valence-corrected chi connectivity index (χ3v) is 5.95. The van der Waals surface area contributed by atoms with Crippen molar-refractivity contribution in [2.75, 3.05) is 6.26 Å². The topological polar surface area (TPSA) is 20.3 Å². The molecule has 1 aliphatic carbocycles. The molecule has 0 aromatic carbocycles. The summed E-state index contributed by atoms with van der Waals surface area (Å²) in [7, 11) is 0. The Hall–Kier alpha value is -0.440. The third kappa shape index (κ3) is 2.22. The summed E-state index contributed by atoms with van der Waals surface area (Å²) in [6.45, 7) is 0. The van der Waals surface area contributed by atoms with Crippen LogP contribution in [0.5, 0.6) is 0 Å². The van der Waals surface area contributed by atoms with E-state index in [2.05, 4.69) is 23.3 Å². The molecule has 2 aliphatic heterocycles. The van der Waals surface area contributed by atoms with Crippen LogP contribution in [0.3, 0.4) is 0 Å². The van der Waals surface area contributed by atoms with Gasteiger partial charge in [0.25, 0.3) is 0 Å². The Bertz CT molecular complexity index is 340. The third-order valence-electron chi connectivity index (χ3n) is 4.90. The zero-order valence-corrected chi connectivity index (χ0v) is 12.0. The lowest BCUT2D eigenvalue weighted by Gasteiger charge is -2.40. The summed E-state index contributed by atoms with van der Waals surface area (Å²) in [4.78, 5) is 15.0. The Morgan fingerprint density at radius 3 is 2.44 bits per heavy atom. The van der Waals surface area contributed by atoms with Gasteiger partial charge in [0.1, 0.15) is 0 Å². The first-order valence-corrected chi connectivity index (χ1v) is 8.58. The number of hydrogen-bond donors (Lipinski definition) is 0. The van der Waals surface area contributed by atoms with E-state index >= 15 is 0 Å². The van der Waals surface area contributed by atoms with Crippen LogP contribution in [0.15, 0.2) is 12.2 Å². The molecule has 100 valence electrons. The van der Waals surface area contributed by atoms with Gasteiger partial charge in [-0.2, -0.15) is 11.8 Å². The van der Waals surface area contributed by atoms with Crippen LogP contribution in [0, 0.1) is 5.92 Å². The van der Waals surface area contributed by atoms with Gasteiger partial charge in [-0.1, -0.05) is 12.2 Å². The molecule has 2 nitrogen and oxygen atoms in total. The smallest absolute Gasteiger partial charge is 0.226 e. The van der Waals surface area contributed by atoms with E-state index in [4.69, 9.17) is 0 Å². The predicted octanol–water partition coefficient (Wildman–Crippen LogP) is 3.23. The molecule has 2 bridgehead atoms. The Kier molecular flexibility index (Phi) is 3.69. The van der Waals surface area contributed by atoms with Crippen LogP contribution in [-0.4, -0.2) is 34.4 Å². The first kappa shape index (κ1) is 12.6. The van der Waals surface area contributed by atoms with Crippen LogP contribution in [0.2, 0.25) is 0 Å². The molecule has 0 radical (unpaired) electrons. The lowest BCUT2D eigenvalue weighted by molar-refractivity contribution is -0.140. The van der Waals surface area contributed by atoms with Gasteiger partial charge in [0, 0.05) is 23.3 Å². The molecular formula is C15H23NOS. The Labute approximate surface area is 114 Å². The van der Waals surface area contributed by atoms with Crippen LogP contribution in [0.1, 0.15) is 44.9 Å². The van der Waals surface area contributed by atoms with Crippen molar-refractivity contribution in [1.29, 1.82) is 0 Å². The molecule has 1 unspecified atom stereocenters. The molecule has 4 atom stereocenters. The fourth-order valence-electron chi connectivity index (χ4n) is 3.91. The summed E-state index contributed by atoms with van der Waals surface area (Å²) in [5.74, 6) is 0.746. The van der Waals surface area contributed by atoms with Crippen molar-refractivity contribution in [2.24, 2.45) is 5.92 Å². The summed E-state index contributed by atoms with van der Waals surface area (Å²) in [6, 6.07) is 1.11. The van der Waals surface area contributed by atoms with E-state index < -0.39 is 0 Å². The highest BCUT2D eigenvalue weighted by molar-refractivity contribution is 7.99. The summed E-state index contributed by atoms with van der Waals surface area (Å²) >= 11 is 1.99. The van der Waals surface area contributed by atoms with Gasteiger partial charge in [-0.25, -0.2) is 0 Å². The first-order valence-electron chi connectivity index (χ1n) is 7.29. The van der Waals surface area contributed by atoms with Gasteiger partial charge >= 0.3 is 0 Å². The highest BCUT2D eigenvalue weighted by atomic mass is 32.2. The van der Waals surface area contributed by atoms with E-state index in [-0.39, 0.29) is 5.92 Å². The average Bonchev–Trinajstić information content (AvgIpc) is 2.69. The molecule has 2 heterocycles. The lowest BCUT2D eigenvalue weighted by Crippen LogP contribution is -2.49. The van der Waals surface area contributed by atoms with Gasteiger partial charge in [-0.05, 0) is 51.2 Å². The number of nitrogens with zero attached hydrogens (tertiary/aromatic N) is 1. The van der Waals surface area contributed by atoms with Crippen LogP contribution in [0.4, 0.5) is 0 Å². The van der Waals surface area contributed by atoms with E-state index in [1.165, 1.54) is 25.7 Å². The molecule has 3 heteroatoms. The Balaban J connectivity index is 1.69. The van der Waals surface area contributed by atoms with Crippen molar-refractivity contribution in [3.8, 4) is 0 Å². The Morgan fingerprint density at radius 1 is 1.17 bits per heavy atom. The zero-order chi connectivity index (χ0) is 12.5. The highest BCUT2D eigenvalue weighted by Crippen LogP contribution is 2.41. The van der Waals surface area contributed by atoms with Gasteiger partial charge in [0.15, 0.2) is 0 Å². The van der Waals surface area contributed by atoms with Crippen LogP contribution < -0.4 is 0 Å². The molecule has 18 heavy (non-hydrogen) atoms. The van der Waals surface area contributed by atoms with Crippen molar-refractivity contribution in [2.45, 2.75) is 62.3 Å². The van der Waals surface area contributed by atoms with Crippen LogP contribution >= 0.6 is 11.8 Å². The maximum absolute atomic E-state index is 12.7. The molecule has 0 spiro atoms. The highest BCUT2D eigenvalue weighted by Gasteiger charge is 2.44. The van der Waals surface area contributed by atoms with Gasteiger partial charge in [-0.15, -0.1) is 0 Å². The number of carbonyl (C=O) groups is 1. The number of hydrogen-bond acceptors (Lipinski definition) is 2. The largest absolute Gasteiger partial charge is 0.336 e. The second-order valence-corrected chi connectivity index (χ2v) is 7.08. The molecule has 3 aliphatic rings. The minimum atomic E-state index is 0.281. The van der Waals surface area contributed by atoms with Gasteiger partial charge in [0.05, 0.1) is 0 Å². The Morgan fingerprint density at radius 2 is 1.89 bits per heavy atom. The molecular weight excluding hydrogens is 242 g/mol. The predicted molar refractivity (Wildman–Crippen MR) is 76.7 cm³/mol. The van der Waals surface area contributed by atoms with E-state index in [9.17, 15) is 4.79 Å². The molecule has 0 saturated carbocycles. The van der Waals surface area contributed by atoms with Crippen molar-refractivity contribution in [3.05, 3.63) is 12.2 Å². The van der Waals surface area contributed by atoms with Crippen molar-refractivity contribution >= 4 is 17.7 Å². The van der Waals surface area contributed by atoms with E-state index in [0.29, 0.717) is 18.0 Å². The second kappa shape index (κ2) is 5.28. The minimum absolute atomic E-state index is 0.281. The minimum Gasteiger partial charge on any atom is -0.336 e. The number of rotatable bonds is 2. The number of fused-ring (bicyclic) bond motifs is 2. The van der Waals surface area contributed by atoms with Crippen molar-refractivity contribution in [1.82, 2.24) is 4.90 Å². The molecule has 2 fully saturated rings. The lowest BCUT2D eigenvalue weighted by atomic mass is 9.91. The first-order chi connectivity index (χ1) is 8.79. The van der Waals surface area contributed by atoms with Gasteiger partial charge in [0.2, 0.25) is 5.91 Å². The maximum atomic E-state index is 12.7. The van der Waals surface area contributed by atoms with Crippen molar-refractivity contribution in [3.63, 3.8) is 0 Å². The van der Waals surface area contributed by atoms with Crippen LogP contribution in [-0.2, 0) is 4.79 Å². The fraction of sp³-hybridized carbons (Fsp3) is 0.800. The second-order valence-electron chi connectivity index (χ2n) is 5.94. The zero-order valence-electron chi connectivity index (χ0n) is 11.2. The van der Waals surface area contributed by atoms with Gasteiger partial charge in [-0.3, -0.25) is 4.79 Å². The number of allylic oxidation sites excluding steroid dienone is 2. The molecule has 3 rings (SSSR count). The number of thioether (sulfide) groups is 1. The number of carbonyl (C=O) groups excluding carboxylic acids is 1. The molecule has 1 amide bonds. The normalized spacial score (nSPS) is 39.1. The van der Waals surface area contributed by atoms with E-state index in [1.54, 1.807) is 0 Å².